The van der Waals surface area contributed by atoms with E-state index >= 15 is 0 Å². The fourth-order valence-corrected chi connectivity index (χ4v) is 2.54. The van der Waals surface area contributed by atoms with Gasteiger partial charge in [-0.3, -0.25) is 9.36 Å². The maximum Gasteiger partial charge on any atom is 0.351 e. The smallest absolute Gasteiger partial charge is 0.351 e. The Bertz CT molecular complexity index is 621. The summed E-state index contributed by atoms with van der Waals surface area (Å²) in [6.07, 6.45) is -3.98. The minimum absolute atomic E-state index is 0.584. The van der Waals surface area contributed by atoms with Gasteiger partial charge in [-0.2, -0.15) is 4.98 Å². The first-order chi connectivity index (χ1) is 9.81. The molecule has 0 aromatic carbocycles. The van der Waals surface area contributed by atoms with Gasteiger partial charge in [-0.05, 0) is 0 Å². The Labute approximate surface area is 118 Å². The molecule has 0 aliphatic carbocycles. The van der Waals surface area contributed by atoms with Gasteiger partial charge in [-0.25, -0.2) is 9.18 Å². The van der Waals surface area contributed by atoms with Crippen LogP contribution in [0.5, 0.6) is 0 Å². The van der Waals surface area contributed by atoms with E-state index in [-0.39, 0.29) is 0 Å². The van der Waals surface area contributed by atoms with Crippen LogP contribution < -0.4 is 11.4 Å². The molecule has 9 nitrogen and oxygen atoms in total. The first kappa shape index (κ1) is 15.4. The number of likely N-dealkylation sites (tertiary alicyclic amines) is 1. The molecule has 2 rings (SSSR count). The van der Waals surface area contributed by atoms with Gasteiger partial charge in [0.05, 0.1) is 18.8 Å². The third kappa shape index (κ3) is 2.26. The molecule has 4 atom stereocenters. The number of halogens is 1. The Morgan fingerprint density at radius 2 is 2.10 bits per heavy atom. The van der Waals surface area contributed by atoms with Crippen molar-refractivity contribution in [3.8, 4) is 0 Å². The highest BCUT2D eigenvalue weighted by atomic mass is 19.1. The summed E-state index contributed by atoms with van der Waals surface area (Å²) in [5.74, 6) is -2.27. The number of nitrogens with two attached hydrogens (primary N) is 1. The van der Waals surface area contributed by atoms with Crippen molar-refractivity contribution >= 4 is 11.7 Å². The standard InChI is InChI=1S/C11H15FN4O5/c1-4(18)15-6(3-17)7(19)8(20)10(15)16-9(13)5(12)2-14-11(16)21/h2,6-8,10,17,19-20H,3,13H2,1H3/t6-,7-,8-,10+/m1/s1. The Balaban J connectivity index is 2.63. The maximum atomic E-state index is 13.5. The predicted octanol–water partition coefficient (Wildman–Crippen LogP) is -2.59. The Morgan fingerprint density at radius 1 is 1.48 bits per heavy atom. The number of anilines is 1. The number of carbonyl (C=O) groups is 1. The third-order valence-electron chi connectivity index (χ3n) is 3.51. The topological polar surface area (TPSA) is 142 Å². The molecular formula is C11H15FN4O5. The van der Waals surface area contributed by atoms with Gasteiger partial charge in [-0.15, -0.1) is 0 Å². The number of hydrogen-bond donors (Lipinski definition) is 4. The summed E-state index contributed by atoms with van der Waals surface area (Å²) in [5, 5.41) is 29.2. The van der Waals surface area contributed by atoms with Crippen molar-refractivity contribution in [1.82, 2.24) is 14.5 Å². The molecule has 10 heteroatoms. The highest BCUT2D eigenvalue weighted by Crippen LogP contribution is 2.33. The second kappa shape index (κ2) is 5.39. The minimum Gasteiger partial charge on any atom is -0.394 e. The summed E-state index contributed by atoms with van der Waals surface area (Å²) < 4.78 is 14.1. The molecule has 1 aromatic rings. The highest BCUT2D eigenvalue weighted by molar-refractivity contribution is 5.74. The predicted molar refractivity (Wildman–Crippen MR) is 67.3 cm³/mol. The van der Waals surface area contributed by atoms with Crippen LogP contribution in [0.25, 0.3) is 0 Å². The first-order valence-electron chi connectivity index (χ1n) is 6.09. The van der Waals surface area contributed by atoms with Crippen LogP contribution in [0.2, 0.25) is 0 Å². The van der Waals surface area contributed by atoms with Gasteiger partial charge in [0.2, 0.25) is 5.91 Å². The fourth-order valence-electron chi connectivity index (χ4n) is 2.54. The van der Waals surface area contributed by atoms with Crippen LogP contribution in [0.3, 0.4) is 0 Å². The fraction of sp³-hybridized carbons (Fsp3) is 0.545. The van der Waals surface area contributed by atoms with E-state index in [0.29, 0.717) is 10.8 Å². The van der Waals surface area contributed by atoms with E-state index in [1.165, 1.54) is 0 Å². The average Bonchev–Trinajstić information content (AvgIpc) is 2.68. The van der Waals surface area contributed by atoms with Crippen molar-refractivity contribution < 1.29 is 24.5 Å². The van der Waals surface area contributed by atoms with E-state index in [1.54, 1.807) is 0 Å². The second-order valence-corrected chi connectivity index (χ2v) is 4.71. The van der Waals surface area contributed by atoms with Crippen LogP contribution in [0, 0.1) is 5.82 Å². The molecule has 116 valence electrons. The summed E-state index contributed by atoms with van der Waals surface area (Å²) >= 11 is 0. The lowest BCUT2D eigenvalue weighted by atomic mass is 10.1. The lowest BCUT2D eigenvalue weighted by molar-refractivity contribution is -0.136. The van der Waals surface area contributed by atoms with Gasteiger partial charge in [0, 0.05) is 6.92 Å². The van der Waals surface area contributed by atoms with Gasteiger partial charge in [0.1, 0.15) is 24.2 Å². The summed E-state index contributed by atoms with van der Waals surface area (Å²) in [6.45, 7) is 0.472. The number of aromatic nitrogens is 2. The molecule has 0 spiro atoms. The van der Waals surface area contributed by atoms with Crippen LogP contribution >= 0.6 is 0 Å². The van der Waals surface area contributed by atoms with E-state index in [1.807, 2.05) is 0 Å². The van der Waals surface area contributed by atoms with Crippen LogP contribution in [0.4, 0.5) is 10.2 Å². The van der Waals surface area contributed by atoms with Crippen molar-refractivity contribution in [2.24, 2.45) is 0 Å². The molecule has 1 aliphatic rings. The molecule has 1 aliphatic heterocycles. The first-order valence-corrected chi connectivity index (χ1v) is 6.09. The third-order valence-corrected chi connectivity index (χ3v) is 3.51. The zero-order valence-electron chi connectivity index (χ0n) is 11.0. The Hall–Kier alpha value is -2.04. The molecular weight excluding hydrogens is 287 g/mol. The van der Waals surface area contributed by atoms with Crippen molar-refractivity contribution in [1.29, 1.82) is 0 Å². The van der Waals surface area contributed by atoms with Crippen LogP contribution in [0.15, 0.2) is 11.0 Å². The summed E-state index contributed by atoms with van der Waals surface area (Å²) in [6, 6.07) is -1.14. The lowest BCUT2D eigenvalue weighted by Gasteiger charge is -2.30. The largest absolute Gasteiger partial charge is 0.394 e. The Kier molecular flexibility index (Phi) is 3.94. The molecule has 0 unspecified atom stereocenters. The molecule has 5 N–H and O–H groups in total. The molecule has 21 heavy (non-hydrogen) atoms. The molecule has 0 radical (unpaired) electrons. The van der Waals surface area contributed by atoms with Crippen molar-refractivity contribution in [2.45, 2.75) is 31.3 Å². The molecule has 1 saturated heterocycles. The number of nitrogens with zero attached hydrogens (tertiary/aromatic N) is 3. The summed E-state index contributed by atoms with van der Waals surface area (Å²) in [4.78, 5) is 27.7. The quantitative estimate of drug-likeness (QED) is 0.469. The zero-order chi connectivity index (χ0) is 15.9. The van der Waals surface area contributed by atoms with Gasteiger partial charge in [-0.1, -0.05) is 0 Å². The molecule has 1 amide bonds. The number of aliphatic hydroxyl groups excluding tert-OH is 3. The maximum absolute atomic E-state index is 13.5. The van der Waals surface area contributed by atoms with Gasteiger partial charge in [0.25, 0.3) is 0 Å². The van der Waals surface area contributed by atoms with Gasteiger partial charge < -0.3 is 26.0 Å². The second-order valence-electron chi connectivity index (χ2n) is 4.71. The number of carbonyl (C=O) groups excluding carboxylic acids is 1. The lowest BCUT2D eigenvalue weighted by Crippen LogP contribution is -2.45. The van der Waals surface area contributed by atoms with E-state index < -0.39 is 54.3 Å². The van der Waals surface area contributed by atoms with Crippen LogP contribution in [0.1, 0.15) is 13.1 Å². The van der Waals surface area contributed by atoms with Crippen molar-refractivity contribution in [3.05, 3.63) is 22.5 Å². The zero-order valence-corrected chi connectivity index (χ0v) is 11.0. The van der Waals surface area contributed by atoms with E-state index in [4.69, 9.17) is 5.73 Å². The normalized spacial score (nSPS) is 28.9. The number of nitrogen functional groups attached to an aromatic ring is 1. The SMILES string of the molecule is CC(=O)N1[C@H](CO)[C@@H](O)[C@@H](O)[C@@H]1n1c(N)c(F)cnc1=O. The highest BCUT2D eigenvalue weighted by Gasteiger charge is 2.50. The minimum atomic E-state index is -1.63. The molecule has 0 saturated carbocycles. The summed E-state index contributed by atoms with van der Waals surface area (Å²) in [7, 11) is 0. The van der Waals surface area contributed by atoms with E-state index in [2.05, 4.69) is 4.98 Å². The number of rotatable bonds is 2. The average molecular weight is 302 g/mol. The summed E-state index contributed by atoms with van der Waals surface area (Å²) in [5.41, 5.74) is 4.48. The monoisotopic (exact) mass is 302 g/mol. The number of amides is 1. The van der Waals surface area contributed by atoms with Crippen molar-refractivity contribution in [2.75, 3.05) is 12.3 Å². The van der Waals surface area contributed by atoms with Gasteiger partial charge in [0.15, 0.2) is 5.82 Å². The number of aliphatic hydroxyl groups is 3. The molecule has 1 aromatic heterocycles. The molecule has 1 fully saturated rings. The van der Waals surface area contributed by atoms with Crippen LogP contribution in [-0.2, 0) is 4.79 Å². The van der Waals surface area contributed by atoms with Crippen LogP contribution in [-0.4, -0.2) is 60.5 Å². The van der Waals surface area contributed by atoms with Crippen molar-refractivity contribution in [3.63, 3.8) is 0 Å². The number of hydrogen-bond acceptors (Lipinski definition) is 7. The molecule has 0 bridgehead atoms. The van der Waals surface area contributed by atoms with Gasteiger partial charge >= 0.3 is 5.69 Å². The van der Waals surface area contributed by atoms with E-state index in [0.717, 1.165) is 11.8 Å². The van der Waals surface area contributed by atoms with E-state index in [9.17, 15) is 29.3 Å². The molecule has 2 heterocycles. The Morgan fingerprint density at radius 3 is 2.62 bits per heavy atom.